The number of hydrogen-bond donors (Lipinski definition) is 1. The van der Waals surface area contributed by atoms with Gasteiger partial charge in [0.15, 0.2) is 9.84 Å². The van der Waals surface area contributed by atoms with Crippen LogP contribution in [0.2, 0.25) is 0 Å². The Kier molecular flexibility index (Phi) is 6.36. The molecule has 0 bridgehead atoms. The van der Waals surface area contributed by atoms with Gasteiger partial charge >= 0.3 is 5.97 Å². The maximum atomic E-state index is 12.0. The van der Waals surface area contributed by atoms with Crippen LogP contribution in [0.4, 0.5) is 0 Å². The Balaban J connectivity index is 2.78. The summed E-state index contributed by atoms with van der Waals surface area (Å²) in [6, 6.07) is 6.01. The Morgan fingerprint density at radius 1 is 1.19 bits per heavy atom. The zero-order valence-electron chi connectivity index (χ0n) is 12.1. The first kappa shape index (κ1) is 17.2. The van der Waals surface area contributed by atoms with Gasteiger partial charge in [0.05, 0.1) is 29.2 Å². The smallest absolute Gasteiger partial charge is 0.307 e. The number of esters is 1. The minimum absolute atomic E-state index is 0.00105. The summed E-state index contributed by atoms with van der Waals surface area (Å²) in [5.74, 6) is -1.01. The number of hydrogen-bond acceptors (Lipinski definition) is 5. The number of nitrogens with one attached hydrogen (secondary N) is 1. The quantitative estimate of drug-likeness (QED) is 0.763. The molecule has 6 nitrogen and oxygen atoms in total. The molecule has 0 saturated carbocycles. The maximum Gasteiger partial charge on any atom is 0.307 e. The van der Waals surface area contributed by atoms with Crippen molar-refractivity contribution in [2.45, 2.75) is 25.2 Å². The van der Waals surface area contributed by atoms with Crippen LogP contribution in [-0.2, 0) is 19.4 Å². The van der Waals surface area contributed by atoms with E-state index in [2.05, 4.69) is 5.32 Å². The van der Waals surface area contributed by atoms with E-state index in [9.17, 15) is 18.0 Å². The number of carbonyl (C=O) groups excluding carboxylic acids is 2. The van der Waals surface area contributed by atoms with Crippen LogP contribution in [-0.4, -0.2) is 39.2 Å². The number of ether oxygens (including phenoxy) is 1. The summed E-state index contributed by atoms with van der Waals surface area (Å²) in [6.07, 6.45) is 0.0439. The van der Waals surface area contributed by atoms with Crippen molar-refractivity contribution in [2.75, 3.05) is 18.9 Å². The van der Waals surface area contributed by atoms with E-state index in [-0.39, 0.29) is 35.8 Å². The summed E-state index contributed by atoms with van der Waals surface area (Å²) in [4.78, 5) is 23.2. The first-order valence-electron chi connectivity index (χ1n) is 6.68. The van der Waals surface area contributed by atoms with Crippen molar-refractivity contribution in [1.29, 1.82) is 0 Å². The van der Waals surface area contributed by atoms with Gasteiger partial charge in [-0.1, -0.05) is 19.1 Å². The largest absolute Gasteiger partial charge is 0.466 e. The van der Waals surface area contributed by atoms with E-state index in [0.29, 0.717) is 0 Å². The molecule has 0 radical (unpaired) electrons. The average Bonchev–Trinajstić information content (AvgIpc) is 2.47. The molecule has 0 heterocycles. The van der Waals surface area contributed by atoms with Crippen molar-refractivity contribution < 1.29 is 22.7 Å². The predicted molar refractivity (Wildman–Crippen MR) is 77.8 cm³/mol. The number of sulfone groups is 1. The molecule has 1 amide bonds. The number of benzene rings is 1. The van der Waals surface area contributed by atoms with Crippen LogP contribution in [0.15, 0.2) is 29.2 Å². The number of rotatable bonds is 7. The van der Waals surface area contributed by atoms with Crippen molar-refractivity contribution in [1.82, 2.24) is 5.32 Å². The summed E-state index contributed by atoms with van der Waals surface area (Å²) in [7, 11) is -3.48. The fourth-order valence-electron chi connectivity index (χ4n) is 1.69. The highest BCUT2D eigenvalue weighted by Crippen LogP contribution is 2.16. The number of amides is 1. The molecule has 21 heavy (non-hydrogen) atoms. The first-order valence-corrected chi connectivity index (χ1v) is 8.33. The molecule has 1 N–H and O–H groups in total. The van der Waals surface area contributed by atoms with E-state index in [1.54, 1.807) is 19.1 Å². The Morgan fingerprint density at radius 2 is 1.86 bits per heavy atom. The van der Waals surface area contributed by atoms with E-state index in [4.69, 9.17) is 4.74 Å². The Morgan fingerprint density at radius 3 is 2.48 bits per heavy atom. The molecule has 1 aromatic rings. The van der Waals surface area contributed by atoms with Gasteiger partial charge in [0.2, 0.25) is 0 Å². The second kappa shape index (κ2) is 7.78. The lowest BCUT2D eigenvalue weighted by Crippen LogP contribution is -2.28. The molecule has 0 spiro atoms. The molecule has 116 valence electrons. The highest BCUT2D eigenvalue weighted by molar-refractivity contribution is 7.91. The van der Waals surface area contributed by atoms with Gasteiger partial charge in [-0.25, -0.2) is 8.42 Å². The zero-order valence-corrected chi connectivity index (χ0v) is 12.9. The van der Waals surface area contributed by atoms with E-state index < -0.39 is 21.7 Å². The summed E-state index contributed by atoms with van der Waals surface area (Å²) in [5, 5.41) is 2.52. The summed E-state index contributed by atoms with van der Waals surface area (Å²) in [5.41, 5.74) is 0.0863. The minimum atomic E-state index is -3.48. The van der Waals surface area contributed by atoms with Crippen molar-refractivity contribution in [3.05, 3.63) is 29.8 Å². The summed E-state index contributed by atoms with van der Waals surface area (Å²) < 4.78 is 28.6. The van der Waals surface area contributed by atoms with Gasteiger partial charge in [-0.15, -0.1) is 0 Å². The molecule has 0 aliphatic carbocycles. The standard InChI is InChI=1S/C14H19NO5S/c1-3-20-13(16)9-10-15-14(17)11-7-5-6-8-12(11)21(18,19)4-2/h5-8H,3-4,9-10H2,1-2H3,(H,15,17). The van der Waals surface area contributed by atoms with E-state index in [1.807, 2.05) is 0 Å². The summed E-state index contributed by atoms with van der Waals surface area (Å²) in [6.45, 7) is 3.59. The monoisotopic (exact) mass is 313 g/mol. The second-order valence-electron chi connectivity index (χ2n) is 4.21. The van der Waals surface area contributed by atoms with Crippen LogP contribution in [0.1, 0.15) is 30.6 Å². The molecule has 7 heteroatoms. The lowest BCUT2D eigenvalue weighted by Gasteiger charge is -2.09. The van der Waals surface area contributed by atoms with Crippen LogP contribution >= 0.6 is 0 Å². The van der Waals surface area contributed by atoms with Gasteiger partial charge in [-0.2, -0.15) is 0 Å². The van der Waals surface area contributed by atoms with Crippen molar-refractivity contribution >= 4 is 21.7 Å². The van der Waals surface area contributed by atoms with Crippen LogP contribution in [0.5, 0.6) is 0 Å². The minimum Gasteiger partial charge on any atom is -0.466 e. The molecule has 1 aromatic carbocycles. The third-order valence-corrected chi connectivity index (χ3v) is 4.55. The Hall–Kier alpha value is -1.89. The molecule has 0 atom stereocenters. The van der Waals surface area contributed by atoms with E-state index in [0.717, 1.165) is 0 Å². The van der Waals surface area contributed by atoms with E-state index in [1.165, 1.54) is 19.1 Å². The van der Waals surface area contributed by atoms with Gasteiger partial charge in [0, 0.05) is 6.54 Å². The third-order valence-electron chi connectivity index (χ3n) is 2.77. The summed E-state index contributed by atoms with van der Waals surface area (Å²) >= 11 is 0. The van der Waals surface area contributed by atoms with Gasteiger partial charge < -0.3 is 10.1 Å². The van der Waals surface area contributed by atoms with Crippen LogP contribution in [0.25, 0.3) is 0 Å². The SMILES string of the molecule is CCOC(=O)CCNC(=O)c1ccccc1S(=O)(=O)CC. The van der Waals surface area contributed by atoms with Crippen molar-refractivity contribution in [2.24, 2.45) is 0 Å². The second-order valence-corrected chi connectivity index (χ2v) is 6.46. The first-order chi connectivity index (χ1) is 9.92. The molecule has 0 aromatic heterocycles. The number of carbonyl (C=O) groups is 2. The fourth-order valence-corrected chi connectivity index (χ4v) is 2.78. The molecule has 0 aliphatic rings. The third kappa shape index (κ3) is 4.86. The zero-order chi connectivity index (χ0) is 15.9. The molecule has 0 saturated heterocycles. The lowest BCUT2D eigenvalue weighted by atomic mass is 10.2. The Labute approximate surface area is 124 Å². The lowest BCUT2D eigenvalue weighted by molar-refractivity contribution is -0.142. The van der Waals surface area contributed by atoms with Gasteiger partial charge in [-0.05, 0) is 19.1 Å². The van der Waals surface area contributed by atoms with Crippen LogP contribution in [0, 0.1) is 0 Å². The van der Waals surface area contributed by atoms with Crippen molar-refractivity contribution in [3.63, 3.8) is 0 Å². The highest BCUT2D eigenvalue weighted by Gasteiger charge is 2.20. The van der Waals surface area contributed by atoms with Gasteiger partial charge in [0.25, 0.3) is 5.91 Å². The van der Waals surface area contributed by atoms with Gasteiger partial charge in [0.1, 0.15) is 0 Å². The molecule has 1 rings (SSSR count). The van der Waals surface area contributed by atoms with Crippen molar-refractivity contribution in [3.8, 4) is 0 Å². The Bertz CT molecular complexity index is 610. The topological polar surface area (TPSA) is 89.5 Å². The normalized spacial score (nSPS) is 11.0. The predicted octanol–water partition coefficient (Wildman–Crippen LogP) is 1.16. The molecular formula is C14H19NO5S. The molecule has 0 unspecified atom stereocenters. The highest BCUT2D eigenvalue weighted by atomic mass is 32.2. The van der Waals surface area contributed by atoms with Crippen LogP contribution in [0.3, 0.4) is 0 Å². The van der Waals surface area contributed by atoms with Crippen LogP contribution < -0.4 is 5.32 Å². The van der Waals surface area contributed by atoms with Gasteiger partial charge in [-0.3, -0.25) is 9.59 Å². The maximum absolute atomic E-state index is 12.0. The van der Waals surface area contributed by atoms with E-state index >= 15 is 0 Å². The molecule has 0 fully saturated rings. The molecule has 0 aliphatic heterocycles. The molecular weight excluding hydrogens is 294 g/mol. The average molecular weight is 313 g/mol. The fraction of sp³-hybridized carbons (Fsp3) is 0.429.